The number of rotatable bonds is 6. The maximum absolute atomic E-state index is 14.1. The average Bonchev–Trinajstić information content (AvgIpc) is 3.09. The molecule has 0 unspecified atom stereocenters. The van der Waals surface area contributed by atoms with Gasteiger partial charge in [-0.1, -0.05) is 24.3 Å². The zero-order chi connectivity index (χ0) is 22.7. The molecule has 1 heterocycles. The monoisotopic (exact) mass is 427 g/mol. The predicted molar refractivity (Wildman–Crippen MR) is 111 cm³/mol. The number of carboxylic acid groups (broad SMARTS) is 1. The zero-order valence-electron chi connectivity index (χ0n) is 16.6. The number of aromatic nitrogens is 1. The number of benzene rings is 2. The second kappa shape index (κ2) is 8.66. The van der Waals surface area contributed by atoms with Crippen molar-refractivity contribution in [1.82, 2.24) is 9.88 Å². The highest BCUT2D eigenvalue weighted by molar-refractivity contribution is 6.09. The van der Waals surface area contributed by atoms with E-state index in [1.807, 2.05) is 0 Å². The van der Waals surface area contributed by atoms with E-state index in [1.54, 1.807) is 24.3 Å². The first kappa shape index (κ1) is 21.5. The maximum atomic E-state index is 14.1. The number of carbonyl (C=O) groups is 2. The summed E-state index contributed by atoms with van der Waals surface area (Å²) in [6.07, 6.45) is 0.890. The van der Waals surface area contributed by atoms with E-state index < -0.39 is 22.8 Å². The fourth-order valence-electron chi connectivity index (χ4n) is 3.24. The zero-order valence-corrected chi connectivity index (χ0v) is 16.6. The van der Waals surface area contributed by atoms with Crippen molar-refractivity contribution in [2.24, 2.45) is 0 Å². The molecule has 9 nitrogen and oxygen atoms in total. The predicted octanol–water partition coefficient (Wildman–Crippen LogP) is 4.12. The van der Waals surface area contributed by atoms with Crippen molar-refractivity contribution in [3.8, 4) is 11.3 Å². The van der Waals surface area contributed by atoms with Crippen LogP contribution in [0.5, 0.6) is 0 Å². The molecule has 1 aromatic heterocycles. The molecule has 1 amide bonds. The van der Waals surface area contributed by atoms with Crippen LogP contribution in [0.2, 0.25) is 0 Å². The third-order valence-electron chi connectivity index (χ3n) is 4.66. The number of nitrogens with one attached hydrogen (secondary N) is 1. The van der Waals surface area contributed by atoms with E-state index in [2.05, 4.69) is 4.98 Å². The summed E-state index contributed by atoms with van der Waals surface area (Å²) in [6.45, 7) is 0.175. The number of fused-ring (bicyclic) bond motifs is 1. The number of hydrogen-bond donors (Lipinski definition) is 2. The summed E-state index contributed by atoms with van der Waals surface area (Å²) in [5, 5.41) is 20.2. The fraction of sp³-hybridized carbons (Fsp3) is 0.143. The highest BCUT2D eigenvalue weighted by Crippen LogP contribution is 2.35. The minimum Gasteiger partial charge on any atom is -0.465 e. The molecule has 0 aliphatic carbocycles. The van der Waals surface area contributed by atoms with E-state index in [-0.39, 0.29) is 23.0 Å². The van der Waals surface area contributed by atoms with Crippen LogP contribution in [-0.2, 0) is 11.3 Å². The number of amides is 1. The standard InChI is InChI=1S/C21H18FN3O6/c1-24(21(27)28)11-12-3-5-13(6-4-12)19-15(7-8-25(29)30)18-16(20(26)31-2)9-14(22)10-17(18)23-19/h3-10,23H,11H2,1-2H3,(H,27,28)/b8-7+. The van der Waals surface area contributed by atoms with E-state index in [4.69, 9.17) is 9.84 Å². The van der Waals surface area contributed by atoms with Gasteiger partial charge in [-0.15, -0.1) is 0 Å². The molecular weight excluding hydrogens is 409 g/mol. The van der Waals surface area contributed by atoms with Gasteiger partial charge in [0.25, 0.3) is 0 Å². The highest BCUT2D eigenvalue weighted by atomic mass is 19.1. The summed E-state index contributed by atoms with van der Waals surface area (Å²) >= 11 is 0. The van der Waals surface area contributed by atoms with E-state index >= 15 is 0 Å². The molecule has 2 aromatic carbocycles. The first-order valence-corrected chi connectivity index (χ1v) is 9.00. The minimum absolute atomic E-state index is 0.0669. The van der Waals surface area contributed by atoms with Gasteiger partial charge in [0.1, 0.15) is 5.82 Å². The lowest BCUT2D eigenvalue weighted by Crippen LogP contribution is -2.23. The molecule has 0 aliphatic rings. The van der Waals surface area contributed by atoms with Crippen molar-refractivity contribution in [2.75, 3.05) is 14.2 Å². The Morgan fingerprint density at radius 2 is 1.97 bits per heavy atom. The molecule has 0 spiro atoms. The quantitative estimate of drug-likeness (QED) is 0.346. The summed E-state index contributed by atoms with van der Waals surface area (Å²) in [5.74, 6) is -1.45. The lowest BCUT2D eigenvalue weighted by atomic mass is 10.0. The molecule has 0 saturated carbocycles. The Morgan fingerprint density at radius 1 is 1.29 bits per heavy atom. The minimum atomic E-state index is -1.07. The third kappa shape index (κ3) is 4.53. The first-order chi connectivity index (χ1) is 14.7. The van der Waals surface area contributed by atoms with Crippen LogP contribution >= 0.6 is 0 Å². The normalized spacial score (nSPS) is 11.1. The van der Waals surface area contributed by atoms with Crippen LogP contribution in [-0.4, -0.2) is 46.1 Å². The van der Waals surface area contributed by atoms with Gasteiger partial charge in [-0.3, -0.25) is 10.1 Å². The second-order valence-electron chi connectivity index (χ2n) is 6.72. The van der Waals surface area contributed by atoms with Gasteiger partial charge < -0.3 is 19.7 Å². The van der Waals surface area contributed by atoms with Crippen LogP contribution in [0.3, 0.4) is 0 Å². The Hall–Kier alpha value is -4.21. The molecule has 0 fully saturated rings. The Kier molecular flexibility index (Phi) is 6.00. The number of aromatic amines is 1. The smallest absolute Gasteiger partial charge is 0.407 e. The molecule has 3 aromatic rings. The maximum Gasteiger partial charge on any atom is 0.407 e. The van der Waals surface area contributed by atoms with Crippen molar-refractivity contribution < 1.29 is 28.7 Å². The molecule has 0 bridgehead atoms. The molecular formula is C21H18FN3O6. The van der Waals surface area contributed by atoms with Crippen LogP contribution in [0.4, 0.5) is 9.18 Å². The second-order valence-corrected chi connectivity index (χ2v) is 6.72. The fourth-order valence-corrected chi connectivity index (χ4v) is 3.24. The number of nitro groups is 1. The number of methoxy groups -OCH3 is 1. The molecule has 0 radical (unpaired) electrons. The van der Waals surface area contributed by atoms with Crippen LogP contribution in [0.15, 0.2) is 42.6 Å². The molecule has 2 N–H and O–H groups in total. The lowest BCUT2D eigenvalue weighted by Gasteiger charge is -2.13. The SMILES string of the molecule is COC(=O)c1cc(F)cc2[nH]c(-c3ccc(CN(C)C(=O)O)cc3)c(/C=C/[N+](=O)[O-])c12. The van der Waals surface area contributed by atoms with Crippen LogP contribution in [0.25, 0.3) is 28.2 Å². The van der Waals surface area contributed by atoms with Crippen molar-refractivity contribution in [1.29, 1.82) is 0 Å². The van der Waals surface area contributed by atoms with Gasteiger partial charge >= 0.3 is 12.1 Å². The van der Waals surface area contributed by atoms with E-state index in [9.17, 15) is 24.1 Å². The summed E-state index contributed by atoms with van der Waals surface area (Å²) in [7, 11) is 2.60. The number of ether oxygens (including phenoxy) is 1. The lowest BCUT2D eigenvalue weighted by molar-refractivity contribution is -0.400. The average molecular weight is 427 g/mol. The third-order valence-corrected chi connectivity index (χ3v) is 4.66. The number of halogens is 1. The molecule has 10 heteroatoms. The van der Waals surface area contributed by atoms with Crippen molar-refractivity contribution >= 4 is 29.0 Å². The van der Waals surface area contributed by atoms with Crippen molar-refractivity contribution in [3.63, 3.8) is 0 Å². The first-order valence-electron chi connectivity index (χ1n) is 9.00. The van der Waals surface area contributed by atoms with Gasteiger partial charge in [-0.05, 0) is 23.3 Å². The van der Waals surface area contributed by atoms with Gasteiger partial charge in [0, 0.05) is 30.6 Å². The van der Waals surface area contributed by atoms with Crippen LogP contribution in [0, 0.1) is 15.9 Å². The van der Waals surface area contributed by atoms with Gasteiger partial charge in [0.15, 0.2) is 0 Å². The number of hydrogen-bond acceptors (Lipinski definition) is 5. The van der Waals surface area contributed by atoms with Crippen LogP contribution < -0.4 is 0 Å². The number of esters is 1. The Bertz CT molecular complexity index is 1200. The Morgan fingerprint density at radius 3 is 2.55 bits per heavy atom. The van der Waals surface area contributed by atoms with E-state index in [0.29, 0.717) is 16.8 Å². The summed E-state index contributed by atoms with van der Waals surface area (Å²) < 4.78 is 18.8. The Labute approximate surface area is 175 Å². The van der Waals surface area contributed by atoms with Crippen molar-refractivity contribution in [2.45, 2.75) is 6.54 Å². The van der Waals surface area contributed by atoms with Gasteiger partial charge in [0.05, 0.1) is 28.8 Å². The summed E-state index contributed by atoms with van der Waals surface area (Å²) in [5.41, 5.74) is 2.30. The topological polar surface area (TPSA) is 126 Å². The molecule has 160 valence electrons. The number of nitrogens with zero attached hydrogens (tertiary/aromatic N) is 2. The largest absolute Gasteiger partial charge is 0.465 e. The van der Waals surface area contributed by atoms with Gasteiger partial charge in [-0.2, -0.15) is 0 Å². The summed E-state index contributed by atoms with van der Waals surface area (Å²) in [4.78, 5) is 37.6. The van der Waals surface area contributed by atoms with E-state index in [0.717, 1.165) is 29.8 Å². The van der Waals surface area contributed by atoms with Crippen LogP contribution in [0.1, 0.15) is 21.5 Å². The molecule has 31 heavy (non-hydrogen) atoms. The Balaban J connectivity index is 2.17. The molecule has 0 aliphatic heterocycles. The number of H-pyrrole nitrogens is 1. The van der Waals surface area contributed by atoms with Gasteiger partial charge in [0.2, 0.25) is 6.20 Å². The molecule has 0 saturated heterocycles. The van der Waals surface area contributed by atoms with Gasteiger partial charge in [-0.25, -0.2) is 14.0 Å². The molecule has 0 atom stereocenters. The molecule has 3 rings (SSSR count). The highest BCUT2D eigenvalue weighted by Gasteiger charge is 2.21. The van der Waals surface area contributed by atoms with E-state index in [1.165, 1.54) is 19.2 Å². The number of carbonyl (C=O) groups excluding carboxylic acids is 1. The summed E-state index contributed by atoms with van der Waals surface area (Å²) in [6, 6.07) is 9.03. The van der Waals surface area contributed by atoms with Crippen molar-refractivity contribution in [3.05, 3.63) is 75.2 Å².